The molecule has 30 heavy (non-hydrogen) atoms. The Kier molecular flexibility index (Phi) is 6.20. The fourth-order valence-electron chi connectivity index (χ4n) is 3.09. The van der Waals surface area contributed by atoms with Gasteiger partial charge < -0.3 is 4.74 Å². The number of aromatic nitrogens is 1. The van der Waals surface area contributed by atoms with Gasteiger partial charge in [0.1, 0.15) is 12.4 Å². The van der Waals surface area contributed by atoms with E-state index in [4.69, 9.17) is 4.74 Å². The average Bonchev–Trinajstić information content (AvgIpc) is 3.14. The SMILES string of the molecule is Cc1cccc(COc2ccc(/C=N/Nc3nc(-c4ccccc4)c(C)s3)cc2)c1. The second-order valence-corrected chi connectivity index (χ2v) is 8.21. The molecule has 4 rings (SSSR count). The second-order valence-electron chi connectivity index (χ2n) is 7.01. The molecular formula is C25H23N3OS. The summed E-state index contributed by atoms with van der Waals surface area (Å²) in [4.78, 5) is 5.82. The lowest BCUT2D eigenvalue weighted by molar-refractivity contribution is 0.306. The van der Waals surface area contributed by atoms with Gasteiger partial charge in [0.15, 0.2) is 0 Å². The molecule has 3 aromatic carbocycles. The maximum atomic E-state index is 5.87. The van der Waals surface area contributed by atoms with Crippen LogP contribution in [-0.2, 0) is 6.61 Å². The van der Waals surface area contributed by atoms with Crippen LogP contribution in [-0.4, -0.2) is 11.2 Å². The highest BCUT2D eigenvalue weighted by molar-refractivity contribution is 7.15. The molecule has 4 aromatic rings. The number of benzene rings is 3. The highest BCUT2D eigenvalue weighted by Crippen LogP contribution is 2.30. The minimum Gasteiger partial charge on any atom is -0.489 e. The number of aryl methyl sites for hydroxylation is 2. The van der Waals surface area contributed by atoms with Gasteiger partial charge in [0.25, 0.3) is 0 Å². The summed E-state index contributed by atoms with van der Waals surface area (Å²) in [7, 11) is 0. The molecule has 0 aliphatic carbocycles. The fourth-order valence-corrected chi connectivity index (χ4v) is 3.87. The number of thiazole rings is 1. The molecule has 150 valence electrons. The van der Waals surface area contributed by atoms with Crippen LogP contribution in [0.2, 0.25) is 0 Å². The molecule has 0 saturated heterocycles. The van der Waals surface area contributed by atoms with Gasteiger partial charge in [-0.1, -0.05) is 60.2 Å². The van der Waals surface area contributed by atoms with Crippen LogP contribution in [0.4, 0.5) is 5.13 Å². The topological polar surface area (TPSA) is 46.5 Å². The number of hydrogen-bond donors (Lipinski definition) is 1. The Bertz CT molecular complexity index is 1130. The zero-order valence-electron chi connectivity index (χ0n) is 17.0. The molecule has 5 heteroatoms. The molecule has 0 fully saturated rings. The third-order valence-electron chi connectivity index (χ3n) is 4.59. The van der Waals surface area contributed by atoms with Crippen LogP contribution < -0.4 is 10.2 Å². The van der Waals surface area contributed by atoms with E-state index in [0.717, 1.165) is 32.6 Å². The van der Waals surface area contributed by atoms with Crippen molar-refractivity contribution in [3.8, 4) is 17.0 Å². The van der Waals surface area contributed by atoms with Gasteiger partial charge in [-0.15, -0.1) is 11.3 Å². The van der Waals surface area contributed by atoms with Crippen LogP contribution in [0.1, 0.15) is 21.6 Å². The van der Waals surface area contributed by atoms with E-state index in [1.165, 1.54) is 11.1 Å². The monoisotopic (exact) mass is 413 g/mol. The van der Waals surface area contributed by atoms with Crippen molar-refractivity contribution >= 4 is 22.7 Å². The molecule has 0 unspecified atom stereocenters. The number of nitrogens with zero attached hydrogens (tertiary/aromatic N) is 2. The van der Waals surface area contributed by atoms with Gasteiger partial charge in [0.05, 0.1) is 11.9 Å². The molecule has 0 radical (unpaired) electrons. The summed E-state index contributed by atoms with van der Waals surface area (Å²) in [5.41, 5.74) is 8.54. The first-order valence-corrected chi connectivity index (χ1v) is 10.6. The van der Waals surface area contributed by atoms with Crippen LogP contribution in [0.5, 0.6) is 5.75 Å². The van der Waals surface area contributed by atoms with E-state index >= 15 is 0 Å². The van der Waals surface area contributed by atoms with Gasteiger partial charge >= 0.3 is 0 Å². The van der Waals surface area contributed by atoms with E-state index in [1.807, 2.05) is 48.5 Å². The number of anilines is 1. The quantitative estimate of drug-likeness (QED) is 0.280. The Hall–Kier alpha value is -3.44. The number of ether oxygens (including phenoxy) is 1. The van der Waals surface area contributed by atoms with Gasteiger partial charge in [0.2, 0.25) is 5.13 Å². The van der Waals surface area contributed by atoms with Crippen LogP contribution in [0.15, 0.2) is 84.0 Å². The summed E-state index contributed by atoms with van der Waals surface area (Å²) in [6, 6.07) is 26.4. The first-order valence-electron chi connectivity index (χ1n) is 9.78. The highest BCUT2D eigenvalue weighted by atomic mass is 32.1. The van der Waals surface area contributed by atoms with E-state index < -0.39 is 0 Å². The summed E-state index contributed by atoms with van der Waals surface area (Å²) in [5.74, 6) is 0.838. The molecular weight excluding hydrogens is 390 g/mol. The smallest absolute Gasteiger partial charge is 0.204 e. The maximum Gasteiger partial charge on any atom is 0.204 e. The first kappa shape index (κ1) is 19.9. The van der Waals surface area contributed by atoms with Gasteiger partial charge in [-0.25, -0.2) is 4.98 Å². The largest absolute Gasteiger partial charge is 0.489 e. The Morgan fingerprint density at radius 3 is 2.53 bits per heavy atom. The Morgan fingerprint density at radius 1 is 0.967 bits per heavy atom. The lowest BCUT2D eigenvalue weighted by atomic mass is 10.1. The lowest BCUT2D eigenvalue weighted by Crippen LogP contribution is -1.96. The summed E-state index contributed by atoms with van der Waals surface area (Å²) < 4.78 is 5.87. The highest BCUT2D eigenvalue weighted by Gasteiger charge is 2.08. The number of hydrazone groups is 1. The molecule has 0 bridgehead atoms. The van der Waals surface area contributed by atoms with Crippen LogP contribution >= 0.6 is 11.3 Å². The Labute approximate surface area is 180 Å². The van der Waals surface area contributed by atoms with E-state index in [1.54, 1.807) is 17.6 Å². The van der Waals surface area contributed by atoms with Crippen molar-refractivity contribution in [2.24, 2.45) is 5.10 Å². The van der Waals surface area contributed by atoms with Crippen LogP contribution in [0.3, 0.4) is 0 Å². The number of rotatable bonds is 7. The molecule has 1 aromatic heterocycles. The van der Waals surface area contributed by atoms with E-state index in [0.29, 0.717) is 6.61 Å². The van der Waals surface area contributed by atoms with Crippen LogP contribution in [0, 0.1) is 13.8 Å². The third-order valence-corrected chi connectivity index (χ3v) is 5.46. The van der Waals surface area contributed by atoms with Gasteiger partial charge in [-0.05, 0) is 49.2 Å². The van der Waals surface area contributed by atoms with Crippen molar-refractivity contribution in [1.29, 1.82) is 0 Å². The van der Waals surface area contributed by atoms with Crippen LogP contribution in [0.25, 0.3) is 11.3 Å². The molecule has 4 nitrogen and oxygen atoms in total. The standard InChI is InChI=1S/C25H23N3OS/c1-18-7-6-8-21(15-18)17-29-23-13-11-20(12-14-23)16-26-28-25-27-24(19(2)30-25)22-9-4-3-5-10-22/h3-16H,17H2,1-2H3,(H,27,28)/b26-16+. The predicted molar refractivity (Wildman–Crippen MR) is 125 cm³/mol. The molecule has 0 saturated carbocycles. The minimum atomic E-state index is 0.559. The average molecular weight is 414 g/mol. The lowest BCUT2D eigenvalue weighted by Gasteiger charge is -2.07. The zero-order chi connectivity index (χ0) is 20.8. The Morgan fingerprint density at radius 2 is 1.77 bits per heavy atom. The van der Waals surface area contributed by atoms with Crippen molar-refractivity contribution in [3.63, 3.8) is 0 Å². The summed E-state index contributed by atoms with van der Waals surface area (Å²) in [6.07, 6.45) is 1.78. The number of hydrogen-bond acceptors (Lipinski definition) is 5. The van der Waals surface area contributed by atoms with Gasteiger partial charge in [-0.2, -0.15) is 5.10 Å². The first-order chi connectivity index (χ1) is 14.7. The summed E-state index contributed by atoms with van der Waals surface area (Å²) in [6.45, 7) is 4.72. The van der Waals surface area contributed by atoms with Crippen molar-refractivity contribution in [3.05, 3.63) is 100 Å². The molecule has 0 aliphatic rings. The molecule has 0 amide bonds. The molecule has 1 heterocycles. The number of nitrogens with one attached hydrogen (secondary N) is 1. The van der Waals surface area contributed by atoms with Crippen molar-refractivity contribution in [2.45, 2.75) is 20.5 Å². The minimum absolute atomic E-state index is 0.559. The maximum absolute atomic E-state index is 5.87. The Balaban J connectivity index is 1.33. The predicted octanol–water partition coefficient (Wildman–Crippen LogP) is 6.45. The molecule has 0 spiro atoms. The summed E-state index contributed by atoms with van der Waals surface area (Å²) >= 11 is 1.60. The zero-order valence-corrected chi connectivity index (χ0v) is 17.8. The van der Waals surface area contributed by atoms with Crippen molar-refractivity contribution in [1.82, 2.24) is 4.98 Å². The molecule has 0 aliphatic heterocycles. The van der Waals surface area contributed by atoms with Crippen molar-refractivity contribution < 1.29 is 4.74 Å². The fraction of sp³-hybridized carbons (Fsp3) is 0.120. The van der Waals surface area contributed by atoms with E-state index in [9.17, 15) is 0 Å². The van der Waals surface area contributed by atoms with Crippen molar-refractivity contribution in [2.75, 3.05) is 5.43 Å². The normalized spacial score (nSPS) is 11.0. The van der Waals surface area contributed by atoms with E-state index in [-0.39, 0.29) is 0 Å². The molecule has 0 atom stereocenters. The van der Waals surface area contributed by atoms with Gasteiger partial charge in [-0.3, -0.25) is 5.43 Å². The van der Waals surface area contributed by atoms with Gasteiger partial charge in [0, 0.05) is 10.4 Å². The molecule has 1 N–H and O–H groups in total. The third kappa shape index (κ3) is 5.13. The second kappa shape index (κ2) is 9.37. The summed E-state index contributed by atoms with van der Waals surface area (Å²) in [5, 5.41) is 5.10. The van der Waals surface area contributed by atoms with E-state index in [2.05, 4.69) is 59.7 Å².